The van der Waals surface area contributed by atoms with Crippen LogP contribution < -0.4 is 9.97 Å². The Balaban J connectivity index is 0.00000514. The third kappa shape index (κ3) is 8.12. The van der Waals surface area contributed by atoms with E-state index in [2.05, 4.69) is 201 Å². The molecule has 5 heterocycles. The van der Waals surface area contributed by atoms with Crippen LogP contribution in [-0.2, 0) is 16.5 Å². The van der Waals surface area contributed by atoms with Crippen LogP contribution in [0.2, 0.25) is 0 Å². The predicted molar refractivity (Wildman–Crippen MR) is 255 cm³/mol. The van der Waals surface area contributed by atoms with Gasteiger partial charge in [0.25, 0.3) is 0 Å². The molecular weight excluding hydrogens is 787 g/mol. The molecule has 9 rings (SSSR count). The van der Waals surface area contributed by atoms with Gasteiger partial charge in [0.15, 0.2) is 0 Å². The summed E-state index contributed by atoms with van der Waals surface area (Å²) >= 11 is 0. The molecule has 0 spiro atoms. The van der Waals surface area contributed by atoms with E-state index in [-0.39, 0.29) is 16.5 Å². The van der Waals surface area contributed by atoms with Gasteiger partial charge in [-0.3, -0.25) is 0 Å². The van der Waals surface area contributed by atoms with E-state index in [0.717, 1.165) is 89.4 Å². The van der Waals surface area contributed by atoms with Crippen LogP contribution >= 0.6 is 0 Å². The van der Waals surface area contributed by atoms with Crippen LogP contribution in [0.1, 0.15) is 124 Å². The molecule has 2 aliphatic rings. The minimum atomic E-state index is 0. The molecule has 0 amide bonds. The van der Waals surface area contributed by atoms with Gasteiger partial charge in [0.1, 0.15) is 0 Å². The zero-order valence-corrected chi connectivity index (χ0v) is 37.3. The second-order valence-electron chi connectivity index (χ2n) is 17.5. The van der Waals surface area contributed by atoms with Crippen molar-refractivity contribution in [2.24, 2.45) is 0 Å². The molecule has 8 bridgehead atoms. The van der Waals surface area contributed by atoms with Crippen molar-refractivity contribution in [3.05, 3.63) is 166 Å². The Morgan fingerprint density at radius 3 is 0.672 bits per heavy atom. The van der Waals surface area contributed by atoms with Crippen molar-refractivity contribution in [2.75, 3.05) is 0 Å². The van der Waals surface area contributed by atoms with Crippen molar-refractivity contribution in [3.63, 3.8) is 0 Å². The molecule has 4 nitrogen and oxygen atoms in total. The smallest absolute Gasteiger partial charge is 0.657 e. The largest absolute Gasteiger partial charge is 2.00 e. The van der Waals surface area contributed by atoms with E-state index < -0.39 is 0 Å². The van der Waals surface area contributed by atoms with Gasteiger partial charge < -0.3 is 9.97 Å². The second kappa shape index (κ2) is 17.2. The summed E-state index contributed by atoms with van der Waals surface area (Å²) in [6.07, 6.45) is 8.59. The average Bonchev–Trinajstić information content (AvgIpc) is 4.10. The maximum absolute atomic E-state index is 5.48. The Kier molecular flexibility index (Phi) is 11.7. The van der Waals surface area contributed by atoms with Crippen LogP contribution in [0.25, 0.3) is 90.9 Å². The van der Waals surface area contributed by atoms with Gasteiger partial charge in [0, 0.05) is 0 Å². The number of hydrogen-bond acceptors (Lipinski definition) is 2. The fraction of sp³-hybridized carbons (Fsp3) is 0.214. The SMILES string of the molecule is CC(C)c1ccc(-c2c3nc(c(-c4ccc(C(C)C)cc4)c4ccc([n-]4)c(-c4ccc(C(C)C)cc4)c4nc(c(-c5ccc(C(C)C)cc5)c5ccc2[n-]5)C=C4)C=C3)cc1.[Ni+2]. The molecule has 0 atom stereocenters. The fourth-order valence-electron chi connectivity index (χ4n) is 8.41. The van der Waals surface area contributed by atoms with E-state index in [4.69, 9.17) is 19.9 Å². The molecule has 0 fully saturated rings. The van der Waals surface area contributed by atoms with Gasteiger partial charge in [-0.1, -0.05) is 177 Å². The zero-order chi connectivity index (χ0) is 41.7. The van der Waals surface area contributed by atoms with Crippen LogP contribution in [0.3, 0.4) is 0 Å². The summed E-state index contributed by atoms with van der Waals surface area (Å²) in [4.78, 5) is 21.9. The molecule has 4 aromatic carbocycles. The van der Waals surface area contributed by atoms with Gasteiger partial charge in [-0.25, -0.2) is 9.97 Å². The zero-order valence-electron chi connectivity index (χ0n) is 36.3. The maximum atomic E-state index is 5.48. The van der Waals surface area contributed by atoms with Gasteiger partial charge in [0.05, 0.1) is 22.8 Å². The van der Waals surface area contributed by atoms with E-state index in [9.17, 15) is 0 Å². The Bertz CT molecular complexity index is 2540. The predicted octanol–water partition coefficient (Wildman–Crippen LogP) is 15.1. The normalized spacial score (nSPS) is 12.3. The molecule has 3 aromatic heterocycles. The number of benzene rings is 4. The van der Waals surface area contributed by atoms with Gasteiger partial charge >= 0.3 is 16.5 Å². The molecule has 0 saturated carbocycles. The summed E-state index contributed by atoms with van der Waals surface area (Å²) in [6.45, 7) is 17.9. The van der Waals surface area contributed by atoms with E-state index in [0.29, 0.717) is 23.7 Å². The van der Waals surface area contributed by atoms with Crippen molar-refractivity contribution >= 4 is 46.4 Å². The molecule has 5 heteroatoms. The Morgan fingerprint density at radius 2 is 0.492 bits per heavy atom. The molecule has 61 heavy (non-hydrogen) atoms. The van der Waals surface area contributed by atoms with Gasteiger partial charge in [-0.05, 0) is 115 Å². The van der Waals surface area contributed by atoms with Crippen LogP contribution in [-0.4, -0.2) is 9.97 Å². The van der Waals surface area contributed by atoms with Crippen molar-refractivity contribution in [1.82, 2.24) is 19.9 Å². The Morgan fingerprint density at radius 1 is 0.295 bits per heavy atom. The standard InChI is InChI=1S/C56H52N4.Ni/c1-33(2)37-9-17-41(18-10-37)53-45-25-27-47(57-45)54(42-19-11-38(12-20-42)34(3)4)49-29-31-51(59-49)56(44-23-15-40(16-24-44)36(7)8)52-32-30-50(60-52)55(48-28-26-46(53)58-48)43-21-13-39(14-22-43)35(5)6;/h9-36H,1-8H3;/q-2;+2. The van der Waals surface area contributed by atoms with E-state index in [1.807, 2.05) is 0 Å². The molecule has 0 unspecified atom stereocenters. The van der Waals surface area contributed by atoms with Crippen molar-refractivity contribution in [3.8, 4) is 44.5 Å². The molecule has 2 aliphatic heterocycles. The Labute approximate surface area is 370 Å². The first-order valence-electron chi connectivity index (χ1n) is 21.5. The summed E-state index contributed by atoms with van der Waals surface area (Å²) in [5.41, 5.74) is 20.4. The second-order valence-corrected chi connectivity index (χ2v) is 17.5. The van der Waals surface area contributed by atoms with Crippen molar-refractivity contribution in [1.29, 1.82) is 0 Å². The quantitative estimate of drug-likeness (QED) is 0.143. The first kappa shape index (κ1) is 41.7. The molecular formula is C56H52N4Ni. The Hall–Kier alpha value is -6.03. The van der Waals surface area contributed by atoms with Crippen molar-refractivity contribution in [2.45, 2.75) is 79.1 Å². The average molecular weight is 840 g/mol. The van der Waals surface area contributed by atoms with E-state index >= 15 is 0 Å². The van der Waals surface area contributed by atoms with Gasteiger partial charge in [-0.15, -0.1) is 22.1 Å². The van der Waals surface area contributed by atoms with Gasteiger partial charge in [0.2, 0.25) is 0 Å². The molecule has 0 radical (unpaired) electrons. The van der Waals surface area contributed by atoms with Gasteiger partial charge in [-0.2, -0.15) is 0 Å². The monoisotopic (exact) mass is 838 g/mol. The number of fused-ring (bicyclic) bond motifs is 8. The number of rotatable bonds is 8. The molecule has 0 aliphatic carbocycles. The number of hydrogen-bond donors (Lipinski definition) is 0. The molecule has 7 aromatic rings. The van der Waals surface area contributed by atoms with Crippen LogP contribution in [0.4, 0.5) is 0 Å². The molecule has 0 saturated heterocycles. The number of nitrogens with zero attached hydrogens (tertiary/aromatic N) is 4. The van der Waals surface area contributed by atoms with E-state index in [1.165, 1.54) is 22.3 Å². The summed E-state index contributed by atoms with van der Waals surface area (Å²) in [6, 6.07) is 44.2. The first-order valence-corrected chi connectivity index (χ1v) is 21.5. The van der Waals surface area contributed by atoms with Crippen LogP contribution in [0.15, 0.2) is 121 Å². The minimum absolute atomic E-state index is 0. The summed E-state index contributed by atoms with van der Waals surface area (Å²) < 4.78 is 0. The van der Waals surface area contributed by atoms with Crippen LogP contribution in [0.5, 0.6) is 0 Å². The third-order valence-corrected chi connectivity index (χ3v) is 12.1. The minimum Gasteiger partial charge on any atom is -0.657 e. The number of aromatic nitrogens is 4. The maximum Gasteiger partial charge on any atom is 2.00 e. The topological polar surface area (TPSA) is 54.0 Å². The van der Waals surface area contributed by atoms with E-state index in [1.54, 1.807) is 0 Å². The van der Waals surface area contributed by atoms with Crippen LogP contribution in [0, 0.1) is 0 Å². The van der Waals surface area contributed by atoms with Crippen molar-refractivity contribution < 1.29 is 16.5 Å². The first-order chi connectivity index (χ1) is 29.0. The molecule has 306 valence electrons. The third-order valence-electron chi connectivity index (χ3n) is 12.1. The fourth-order valence-corrected chi connectivity index (χ4v) is 8.41. The summed E-state index contributed by atoms with van der Waals surface area (Å²) in [7, 11) is 0. The summed E-state index contributed by atoms with van der Waals surface area (Å²) in [5, 5.41) is 0. The summed E-state index contributed by atoms with van der Waals surface area (Å²) in [5.74, 6) is 1.70. The molecule has 0 N–H and O–H groups in total.